The SMILES string of the molecule is COC1=C(C)c2ccc(C(F)(F)F)cc2C1OC. The Labute approximate surface area is 103 Å². The number of allylic oxidation sites excluding steroid dienone is 1. The Bertz CT molecular complexity index is 503. The molecule has 0 N–H and O–H groups in total. The number of methoxy groups -OCH3 is 2. The quantitative estimate of drug-likeness (QED) is 0.803. The summed E-state index contributed by atoms with van der Waals surface area (Å²) in [7, 11) is 2.94. The minimum absolute atomic E-state index is 0.502. The van der Waals surface area contributed by atoms with Gasteiger partial charge in [-0.1, -0.05) is 6.07 Å². The third kappa shape index (κ3) is 1.88. The highest BCUT2D eigenvalue weighted by molar-refractivity contribution is 5.75. The summed E-state index contributed by atoms with van der Waals surface area (Å²) in [4.78, 5) is 0. The number of ether oxygens (including phenoxy) is 2. The molecule has 1 aliphatic carbocycles. The number of halogens is 3. The molecule has 5 heteroatoms. The second kappa shape index (κ2) is 4.31. The van der Waals surface area contributed by atoms with E-state index in [0.29, 0.717) is 11.3 Å². The molecule has 2 nitrogen and oxygen atoms in total. The lowest BCUT2D eigenvalue weighted by atomic mass is 10.0. The van der Waals surface area contributed by atoms with Gasteiger partial charge in [0, 0.05) is 7.11 Å². The van der Waals surface area contributed by atoms with E-state index in [9.17, 15) is 13.2 Å². The van der Waals surface area contributed by atoms with Crippen molar-refractivity contribution < 1.29 is 22.6 Å². The maximum atomic E-state index is 12.7. The summed E-state index contributed by atoms with van der Waals surface area (Å²) in [6.07, 6.45) is -4.91. The van der Waals surface area contributed by atoms with Gasteiger partial charge in [-0.2, -0.15) is 13.2 Å². The molecule has 1 atom stereocenters. The van der Waals surface area contributed by atoms with Crippen LogP contribution in [0.2, 0.25) is 0 Å². The molecule has 0 spiro atoms. The largest absolute Gasteiger partial charge is 0.498 e. The fourth-order valence-corrected chi connectivity index (χ4v) is 2.26. The fraction of sp³-hybridized carbons (Fsp3) is 0.385. The van der Waals surface area contributed by atoms with Crippen LogP contribution >= 0.6 is 0 Å². The lowest BCUT2D eigenvalue weighted by molar-refractivity contribution is -0.137. The molecule has 0 radical (unpaired) electrons. The number of hydrogen-bond donors (Lipinski definition) is 0. The highest BCUT2D eigenvalue weighted by Gasteiger charge is 2.36. The van der Waals surface area contributed by atoms with Gasteiger partial charge in [-0.25, -0.2) is 0 Å². The molecule has 1 aliphatic rings. The van der Waals surface area contributed by atoms with Gasteiger partial charge in [0.1, 0.15) is 11.9 Å². The zero-order valence-corrected chi connectivity index (χ0v) is 10.3. The van der Waals surface area contributed by atoms with Crippen LogP contribution in [-0.4, -0.2) is 14.2 Å². The average molecular weight is 258 g/mol. The van der Waals surface area contributed by atoms with Crippen molar-refractivity contribution in [3.63, 3.8) is 0 Å². The van der Waals surface area contributed by atoms with E-state index in [2.05, 4.69) is 0 Å². The maximum absolute atomic E-state index is 12.7. The molecule has 0 aliphatic heterocycles. The van der Waals surface area contributed by atoms with Crippen molar-refractivity contribution in [3.8, 4) is 0 Å². The first-order valence-corrected chi connectivity index (χ1v) is 5.39. The van der Waals surface area contributed by atoms with E-state index in [-0.39, 0.29) is 0 Å². The second-order valence-corrected chi connectivity index (χ2v) is 4.11. The van der Waals surface area contributed by atoms with Crippen LogP contribution in [0.15, 0.2) is 24.0 Å². The van der Waals surface area contributed by atoms with E-state index < -0.39 is 17.8 Å². The Hall–Kier alpha value is -1.49. The normalized spacial score (nSPS) is 19.1. The van der Waals surface area contributed by atoms with Crippen molar-refractivity contribution in [2.45, 2.75) is 19.2 Å². The van der Waals surface area contributed by atoms with E-state index in [0.717, 1.165) is 23.3 Å². The molecule has 0 saturated heterocycles. The van der Waals surface area contributed by atoms with Crippen molar-refractivity contribution >= 4 is 5.57 Å². The predicted octanol–water partition coefficient (Wildman–Crippen LogP) is 3.78. The van der Waals surface area contributed by atoms with E-state index in [4.69, 9.17) is 9.47 Å². The van der Waals surface area contributed by atoms with E-state index >= 15 is 0 Å². The molecule has 0 fully saturated rings. The molecular formula is C13H13F3O2. The fourth-order valence-electron chi connectivity index (χ4n) is 2.26. The third-order valence-electron chi connectivity index (χ3n) is 3.13. The zero-order valence-electron chi connectivity index (χ0n) is 10.3. The van der Waals surface area contributed by atoms with Gasteiger partial charge in [-0.3, -0.25) is 0 Å². The summed E-state index contributed by atoms with van der Waals surface area (Å²) in [6.45, 7) is 1.81. The van der Waals surface area contributed by atoms with Crippen LogP contribution in [-0.2, 0) is 15.7 Å². The first kappa shape index (κ1) is 13.0. The monoisotopic (exact) mass is 258 g/mol. The summed E-state index contributed by atoms with van der Waals surface area (Å²) in [6, 6.07) is 3.66. The molecule has 18 heavy (non-hydrogen) atoms. The summed E-state index contributed by atoms with van der Waals surface area (Å²) < 4.78 is 48.5. The van der Waals surface area contributed by atoms with Crippen molar-refractivity contribution in [1.82, 2.24) is 0 Å². The van der Waals surface area contributed by atoms with E-state index in [1.807, 2.05) is 6.92 Å². The molecule has 1 unspecified atom stereocenters. The van der Waals surface area contributed by atoms with Gasteiger partial charge in [0.2, 0.25) is 0 Å². The van der Waals surface area contributed by atoms with Crippen molar-refractivity contribution in [1.29, 1.82) is 0 Å². The van der Waals surface area contributed by atoms with Crippen LogP contribution in [0.4, 0.5) is 13.2 Å². The Morgan fingerprint density at radius 1 is 1.17 bits per heavy atom. The van der Waals surface area contributed by atoms with Gasteiger partial charge < -0.3 is 9.47 Å². The Kier molecular flexibility index (Phi) is 3.11. The molecular weight excluding hydrogens is 245 g/mol. The standard InChI is InChI=1S/C13H13F3O2/c1-7-9-5-4-8(13(14,15)16)6-10(9)12(18-3)11(7)17-2/h4-6,12H,1-3H3. The molecule has 1 aromatic rings. The molecule has 1 aromatic carbocycles. The van der Waals surface area contributed by atoms with Crippen LogP contribution in [0.5, 0.6) is 0 Å². The van der Waals surface area contributed by atoms with Crippen molar-refractivity contribution in [2.24, 2.45) is 0 Å². The average Bonchev–Trinajstić information content (AvgIpc) is 2.60. The topological polar surface area (TPSA) is 18.5 Å². The first-order valence-electron chi connectivity index (χ1n) is 5.39. The highest BCUT2D eigenvalue weighted by Crippen LogP contribution is 2.44. The minimum Gasteiger partial charge on any atom is -0.498 e. The van der Waals surface area contributed by atoms with Gasteiger partial charge >= 0.3 is 6.18 Å². The number of fused-ring (bicyclic) bond motifs is 1. The van der Waals surface area contributed by atoms with Crippen LogP contribution in [0, 0.1) is 0 Å². The Balaban J connectivity index is 2.54. The summed E-state index contributed by atoms with van der Waals surface area (Å²) in [5, 5.41) is 0. The highest BCUT2D eigenvalue weighted by atomic mass is 19.4. The maximum Gasteiger partial charge on any atom is 0.416 e. The second-order valence-electron chi connectivity index (χ2n) is 4.11. The smallest absolute Gasteiger partial charge is 0.416 e. The molecule has 0 bridgehead atoms. The van der Waals surface area contributed by atoms with Crippen LogP contribution < -0.4 is 0 Å². The number of alkyl halides is 3. The molecule has 0 aromatic heterocycles. The summed E-state index contributed by atoms with van der Waals surface area (Å²) in [5.74, 6) is 0.562. The first-order chi connectivity index (χ1) is 8.40. The lowest BCUT2D eigenvalue weighted by Gasteiger charge is -2.15. The lowest BCUT2D eigenvalue weighted by Crippen LogP contribution is -2.08. The molecule has 0 amide bonds. The van der Waals surface area contributed by atoms with E-state index in [1.54, 1.807) is 0 Å². The molecule has 2 rings (SSSR count). The molecule has 0 heterocycles. The Morgan fingerprint density at radius 2 is 1.83 bits per heavy atom. The van der Waals surface area contributed by atoms with Crippen LogP contribution in [0.3, 0.4) is 0 Å². The zero-order chi connectivity index (χ0) is 13.5. The molecule has 98 valence electrons. The van der Waals surface area contributed by atoms with E-state index in [1.165, 1.54) is 20.3 Å². The predicted molar refractivity (Wildman–Crippen MR) is 60.8 cm³/mol. The number of benzene rings is 1. The summed E-state index contributed by atoms with van der Waals surface area (Å²) in [5.41, 5.74) is 1.38. The van der Waals surface area contributed by atoms with Crippen LogP contribution in [0.25, 0.3) is 5.57 Å². The number of hydrogen-bond acceptors (Lipinski definition) is 2. The van der Waals surface area contributed by atoms with Gasteiger partial charge in [0.15, 0.2) is 0 Å². The molecule has 0 saturated carbocycles. The van der Waals surface area contributed by atoms with Crippen molar-refractivity contribution in [2.75, 3.05) is 14.2 Å². The third-order valence-corrected chi connectivity index (χ3v) is 3.13. The minimum atomic E-state index is -4.35. The van der Waals surface area contributed by atoms with Crippen molar-refractivity contribution in [3.05, 3.63) is 40.6 Å². The van der Waals surface area contributed by atoms with Gasteiger partial charge in [-0.15, -0.1) is 0 Å². The Morgan fingerprint density at radius 3 is 2.33 bits per heavy atom. The van der Waals surface area contributed by atoms with Crippen LogP contribution in [0.1, 0.15) is 29.7 Å². The number of rotatable bonds is 2. The van der Waals surface area contributed by atoms with Gasteiger partial charge in [-0.05, 0) is 35.8 Å². The summed E-state index contributed by atoms with van der Waals surface area (Å²) >= 11 is 0. The van der Waals surface area contributed by atoms with Gasteiger partial charge in [0.25, 0.3) is 0 Å². The van der Waals surface area contributed by atoms with Gasteiger partial charge in [0.05, 0.1) is 12.7 Å².